The number of ether oxygens (including phenoxy) is 1. The minimum atomic E-state index is -0.465. The number of hydrogen-bond donors (Lipinski definition) is 0. The van der Waals surface area contributed by atoms with Crippen molar-refractivity contribution in [2.75, 3.05) is 6.61 Å². The van der Waals surface area contributed by atoms with E-state index in [4.69, 9.17) is 20.9 Å². The molecular formula is C13H11BrClNO3. The molecule has 1 heterocycles. The smallest absolute Gasteiger partial charge is 0.344 e. The van der Waals surface area contributed by atoms with Crippen molar-refractivity contribution in [3.05, 3.63) is 39.0 Å². The van der Waals surface area contributed by atoms with Gasteiger partial charge in [-0.05, 0) is 32.0 Å². The van der Waals surface area contributed by atoms with Crippen LogP contribution in [0.5, 0.6) is 0 Å². The summed E-state index contributed by atoms with van der Waals surface area (Å²) in [5.74, 6) is -0.0585. The van der Waals surface area contributed by atoms with Gasteiger partial charge in [0.2, 0.25) is 0 Å². The average molecular weight is 345 g/mol. The van der Waals surface area contributed by atoms with Gasteiger partial charge in [-0.15, -0.1) is 0 Å². The molecular weight excluding hydrogens is 334 g/mol. The zero-order chi connectivity index (χ0) is 14.0. The molecule has 0 fully saturated rings. The zero-order valence-electron chi connectivity index (χ0n) is 10.4. The summed E-state index contributed by atoms with van der Waals surface area (Å²) < 4.78 is 10.9. The third-order valence-electron chi connectivity index (χ3n) is 2.53. The van der Waals surface area contributed by atoms with Gasteiger partial charge in [0, 0.05) is 10.0 Å². The maximum atomic E-state index is 11.9. The Morgan fingerprint density at radius 1 is 1.53 bits per heavy atom. The number of esters is 1. The molecule has 0 N–H and O–H groups in total. The summed E-state index contributed by atoms with van der Waals surface area (Å²) >= 11 is 9.50. The first-order valence-corrected chi connectivity index (χ1v) is 6.80. The molecule has 0 unspecified atom stereocenters. The second-order valence-corrected chi connectivity index (χ2v) is 5.13. The molecule has 19 heavy (non-hydrogen) atoms. The monoisotopic (exact) mass is 343 g/mol. The lowest BCUT2D eigenvalue weighted by atomic mass is 10.1. The predicted molar refractivity (Wildman–Crippen MR) is 75.3 cm³/mol. The van der Waals surface area contributed by atoms with Crippen LogP contribution >= 0.6 is 27.5 Å². The van der Waals surface area contributed by atoms with E-state index in [1.807, 2.05) is 6.07 Å². The van der Waals surface area contributed by atoms with Gasteiger partial charge in [-0.1, -0.05) is 32.7 Å². The fraction of sp³-hybridized carbons (Fsp3) is 0.231. The molecule has 0 aliphatic rings. The van der Waals surface area contributed by atoms with Crippen molar-refractivity contribution in [2.45, 2.75) is 13.8 Å². The molecule has 0 bridgehead atoms. The Kier molecular flexibility index (Phi) is 4.27. The molecule has 1 aromatic heterocycles. The minimum absolute atomic E-state index is 0.287. The summed E-state index contributed by atoms with van der Waals surface area (Å²) in [5.41, 5.74) is 1.32. The van der Waals surface area contributed by atoms with Crippen LogP contribution in [0.25, 0.3) is 11.3 Å². The summed E-state index contributed by atoms with van der Waals surface area (Å²) in [4.78, 5) is 11.9. The van der Waals surface area contributed by atoms with Crippen molar-refractivity contribution in [1.82, 2.24) is 5.16 Å². The summed E-state index contributed by atoms with van der Waals surface area (Å²) in [6, 6.07) is 5.31. The van der Waals surface area contributed by atoms with E-state index in [0.29, 0.717) is 27.6 Å². The van der Waals surface area contributed by atoms with Crippen molar-refractivity contribution >= 4 is 33.5 Å². The Bertz CT molecular complexity index is 624. The molecule has 1 aromatic carbocycles. The molecule has 4 nitrogen and oxygen atoms in total. The molecule has 0 atom stereocenters. The molecule has 0 amide bonds. The van der Waals surface area contributed by atoms with Crippen molar-refractivity contribution in [3.8, 4) is 11.3 Å². The number of aryl methyl sites for hydroxylation is 1. The van der Waals surface area contributed by atoms with E-state index < -0.39 is 5.97 Å². The SMILES string of the molecule is CCOC(=O)c1c(-c2cc(Br)ccc2Cl)noc1C. The van der Waals surface area contributed by atoms with Gasteiger partial charge >= 0.3 is 5.97 Å². The van der Waals surface area contributed by atoms with Crippen LogP contribution in [-0.4, -0.2) is 17.7 Å². The van der Waals surface area contributed by atoms with E-state index in [0.717, 1.165) is 4.47 Å². The van der Waals surface area contributed by atoms with E-state index in [2.05, 4.69) is 21.1 Å². The van der Waals surface area contributed by atoms with Gasteiger partial charge in [0.05, 0.1) is 11.6 Å². The maximum absolute atomic E-state index is 11.9. The third kappa shape index (κ3) is 2.82. The fourth-order valence-corrected chi connectivity index (χ4v) is 2.25. The van der Waals surface area contributed by atoms with Crippen LogP contribution in [0.2, 0.25) is 5.02 Å². The first-order chi connectivity index (χ1) is 9.04. The van der Waals surface area contributed by atoms with E-state index in [-0.39, 0.29) is 6.61 Å². The Morgan fingerprint density at radius 2 is 2.26 bits per heavy atom. The zero-order valence-corrected chi connectivity index (χ0v) is 12.7. The molecule has 6 heteroatoms. The van der Waals surface area contributed by atoms with Gasteiger partial charge in [0.15, 0.2) is 0 Å². The average Bonchev–Trinajstić information content (AvgIpc) is 2.74. The lowest BCUT2D eigenvalue weighted by Gasteiger charge is -2.05. The number of rotatable bonds is 3. The molecule has 0 radical (unpaired) electrons. The second kappa shape index (κ2) is 5.75. The van der Waals surface area contributed by atoms with Crippen LogP contribution in [0.4, 0.5) is 0 Å². The first-order valence-electron chi connectivity index (χ1n) is 5.63. The van der Waals surface area contributed by atoms with Gasteiger partial charge in [-0.3, -0.25) is 0 Å². The number of nitrogens with zero attached hydrogens (tertiary/aromatic N) is 1. The highest BCUT2D eigenvalue weighted by atomic mass is 79.9. The fourth-order valence-electron chi connectivity index (χ4n) is 1.68. The Balaban J connectivity index is 2.57. The summed E-state index contributed by atoms with van der Waals surface area (Å²) in [6.07, 6.45) is 0. The van der Waals surface area contributed by atoms with Crippen molar-refractivity contribution in [1.29, 1.82) is 0 Å². The quantitative estimate of drug-likeness (QED) is 0.781. The van der Waals surface area contributed by atoms with E-state index in [1.54, 1.807) is 26.0 Å². The van der Waals surface area contributed by atoms with Crippen molar-refractivity contribution in [3.63, 3.8) is 0 Å². The molecule has 0 saturated heterocycles. The highest BCUT2D eigenvalue weighted by Crippen LogP contribution is 2.33. The number of halogens is 2. The van der Waals surface area contributed by atoms with Crippen molar-refractivity contribution < 1.29 is 14.1 Å². The van der Waals surface area contributed by atoms with Crippen molar-refractivity contribution in [2.24, 2.45) is 0 Å². The lowest BCUT2D eigenvalue weighted by molar-refractivity contribution is 0.0525. The molecule has 2 aromatic rings. The lowest BCUT2D eigenvalue weighted by Crippen LogP contribution is -2.06. The first kappa shape index (κ1) is 14.1. The Hall–Kier alpha value is -1.33. The van der Waals surface area contributed by atoms with Gasteiger partial charge in [-0.25, -0.2) is 4.79 Å². The van der Waals surface area contributed by atoms with E-state index >= 15 is 0 Å². The van der Waals surface area contributed by atoms with Crippen LogP contribution < -0.4 is 0 Å². The molecule has 0 aliphatic carbocycles. The number of carbonyl (C=O) groups excluding carboxylic acids is 1. The molecule has 0 aliphatic heterocycles. The Morgan fingerprint density at radius 3 is 2.95 bits per heavy atom. The highest BCUT2D eigenvalue weighted by Gasteiger charge is 2.24. The van der Waals surface area contributed by atoms with E-state index in [1.165, 1.54) is 0 Å². The molecule has 2 rings (SSSR count). The summed E-state index contributed by atoms with van der Waals surface area (Å²) in [7, 11) is 0. The van der Waals surface area contributed by atoms with Gasteiger partial charge in [0.25, 0.3) is 0 Å². The standard InChI is InChI=1S/C13H11BrClNO3/c1-3-18-13(17)11-7(2)19-16-12(11)9-6-8(14)4-5-10(9)15/h4-6H,3H2,1-2H3. The third-order valence-corrected chi connectivity index (χ3v) is 3.35. The van der Waals surface area contributed by atoms with Crippen LogP contribution in [0.1, 0.15) is 23.0 Å². The van der Waals surface area contributed by atoms with Gasteiger partial charge in [-0.2, -0.15) is 0 Å². The van der Waals surface area contributed by atoms with Crippen LogP contribution in [0.3, 0.4) is 0 Å². The minimum Gasteiger partial charge on any atom is -0.462 e. The number of benzene rings is 1. The molecule has 0 saturated carbocycles. The van der Waals surface area contributed by atoms with Gasteiger partial charge in [0.1, 0.15) is 17.0 Å². The van der Waals surface area contributed by atoms with Crippen LogP contribution in [0.15, 0.2) is 27.2 Å². The topological polar surface area (TPSA) is 52.3 Å². The predicted octanol–water partition coefficient (Wildman–Crippen LogP) is 4.24. The highest BCUT2D eigenvalue weighted by molar-refractivity contribution is 9.10. The normalized spacial score (nSPS) is 10.5. The number of hydrogen-bond acceptors (Lipinski definition) is 4. The molecule has 100 valence electrons. The molecule has 0 spiro atoms. The summed E-state index contributed by atoms with van der Waals surface area (Å²) in [5, 5.41) is 4.40. The van der Waals surface area contributed by atoms with Gasteiger partial charge < -0.3 is 9.26 Å². The van der Waals surface area contributed by atoms with Crippen LogP contribution in [-0.2, 0) is 4.74 Å². The Labute approximate surface area is 123 Å². The summed E-state index contributed by atoms with van der Waals surface area (Å²) in [6.45, 7) is 3.69. The largest absolute Gasteiger partial charge is 0.462 e. The van der Waals surface area contributed by atoms with E-state index in [9.17, 15) is 4.79 Å². The van der Waals surface area contributed by atoms with Crippen LogP contribution in [0, 0.1) is 6.92 Å². The number of aromatic nitrogens is 1. The number of carbonyl (C=O) groups is 1. The maximum Gasteiger partial charge on any atom is 0.344 e. The second-order valence-electron chi connectivity index (χ2n) is 3.81.